The van der Waals surface area contributed by atoms with Crippen LogP contribution in [0, 0.1) is 11.8 Å². The molecule has 1 saturated heterocycles. The van der Waals surface area contributed by atoms with Crippen LogP contribution >= 0.6 is 11.8 Å². The minimum Gasteiger partial charge on any atom is -0.481 e. The van der Waals surface area contributed by atoms with Crippen molar-refractivity contribution in [1.29, 1.82) is 0 Å². The first kappa shape index (κ1) is 19.8. The number of thioether (sulfide) groups is 1. The minimum atomic E-state index is -0.754. The second-order valence-corrected chi connectivity index (χ2v) is 8.31. The highest BCUT2D eigenvalue weighted by Crippen LogP contribution is 2.32. The predicted molar refractivity (Wildman–Crippen MR) is 94.0 cm³/mol. The van der Waals surface area contributed by atoms with Crippen LogP contribution in [-0.2, 0) is 19.2 Å². The lowest BCUT2D eigenvalue weighted by atomic mass is 9.82. The number of nitrogens with zero attached hydrogens (tertiary/aromatic N) is 2. The largest absolute Gasteiger partial charge is 0.481 e. The Morgan fingerprint density at radius 2 is 1.84 bits per heavy atom. The van der Waals surface area contributed by atoms with E-state index in [9.17, 15) is 19.2 Å². The average Bonchev–Trinajstić information content (AvgIpc) is 2.82. The topological polar surface area (TPSA) is 95.0 Å². The van der Waals surface area contributed by atoms with Crippen molar-refractivity contribution in [3.8, 4) is 0 Å². The summed E-state index contributed by atoms with van der Waals surface area (Å²) < 4.78 is 0. The van der Waals surface area contributed by atoms with Crippen molar-refractivity contribution in [3.05, 3.63) is 0 Å². The zero-order chi connectivity index (χ0) is 18.6. The van der Waals surface area contributed by atoms with E-state index in [4.69, 9.17) is 5.11 Å². The number of rotatable bonds is 7. The molecule has 1 saturated carbocycles. The van der Waals surface area contributed by atoms with Gasteiger partial charge in [0, 0.05) is 39.2 Å². The lowest BCUT2D eigenvalue weighted by Crippen LogP contribution is -2.37. The van der Waals surface area contributed by atoms with Crippen LogP contribution in [0.2, 0.25) is 0 Å². The molecule has 0 aromatic carbocycles. The third-order valence-corrected chi connectivity index (χ3v) is 6.18. The number of amides is 3. The first-order valence-corrected chi connectivity index (χ1v) is 9.73. The van der Waals surface area contributed by atoms with Crippen molar-refractivity contribution >= 4 is 35.5 Å². The van der Waals surface area contributed by atoms with Crippen LogP contribution in [0.25, 0.3) is 0 Å². The van der Waals surface area contributed by atoms with Gasteiger partial charge in [0.1, 0.15) is 0 Å². The van der Waals surface area contributed by atoms with Gasteiger partial charge in [-0.1, -0.05) is 0 Å². The van der Waals surface area contributed by atoms with E-state index in [0.29, 0.717) is 31.6 Å². The van der Waals surface area contributed by atoms with Crippen molar-refractivity contribution in [2.75, 3.05) is 26.4 Å². The molecule has 3 amide bonds. The molecule has 1 unspecified atom stereocenters. The molecule has 1 aliphatic carbocycles. The third kappa shape index (κ3) is 5.20. The van der Waals surface area contributed by atoms with E-state index < -0.39 is 11.2 Å². The van der Waals surface area contributed by atoms with Gasteiger partial charge in [-0.15, -0.1) is 11.8 Å². The molecule has 8 heteroatoms. The summed E-state index contributed by atoms with van der Waals surface area (Å²) in [6, 6.07) is 0. The Kier molecular flexibility index (Phi) is 6.87. The molecule has 2 aliphatic rings. The Hall–Kier alpha value is -1.57. The molecule has 140 valence electrons. The number of carboxylic acids is 1. The molecule has 0 spiro atoms. The quantitative estimate of drug-likeness (QED) is 0.677. The van der Waals surface area contributed by atoms with Crippen molar-refractivity contribution in [2.24, 2.45) is 11.8 Å². The summed E-state index contributed by atoms with van der Waals surface area (Å²) in [5, 5.41) is 8.64. The Morgan fingerprint density at radius 3 is 2.40 bits per heavy atom. The smallest absolute Gasteiger partial charge is 0.306 e. The second kappa shape index (κ2) is 8.69. The average molecular weight is 370 g/mol. The van der Waals surface area contributed by atoms with Crippen molar-refractivity contribution in [2.45, 2.75) is 43.8 Å². The molecule has 0 aromatic rings. The fraction of sp³-hybridized carbons (Fsp3) is 0.765. The van der Waals surface area contributed by atoms with Crippen LogP contribution in [-0.4, -0.2) is 70.2 Å². The molecule has 0 bridgehead atoms. The minimum absolute atomic E-state index is 0.0105. The molecule has 2 rings (SSSR count). The van der Waals surface area contributed by atoms with Crippen LogP contribution in [0.5, 0.6) is 0 Å². The van der Waals surface area contributed by atoms with Gasteiger partial charge in [0.2, 0.25) is 17.7 Å². The van der Waals surface area contributed by atoms with Gasteiger partial charge in [-0.05, 0) is 31.6 Å². The van der Waals surface area contributed by atoms with Gasteiger partial charge in [-0.25, -0.2) is 0 Å². The highest BCUT2D eigenvalue weighted by Gasteiger charge is 2.40. The van der Waals surface area contributed by atoms with Gasteiger partial charge >= 0.3 is 5.97 Å². The van der Waals surface area contributed by atoms with E-state index in [-0.39, 0.29) is 36.0 Å². The fourth-order valence-electron chi connectivity index (χ4n) is 3.34. The summed E-state index contributed by atoms with van der Waals surface area (Å²) in [7, 11) is 3.39. The van der Waals surface area contributed by atoms with E-state index >= 15 is 0 Å². The number of hydrogen-bond donors (Lipinski definition) is 1. The van der Waals surface area contributed by atoms with Gasteiger partial charge < -0.3 is 10.0 Å². The van der Waals surface area contributed by atoms with E-state index in [2.05, 4.69) is 0 Å². The van der Waals surface area contributed by atoms with E-state index in [1.807, 2.05) is 0 Å². The van der Waals surface area contributed by atoms with E-state index in [1.54, 1.807) is 14.1 Å². The molecule has 1 N–H and O–H groups in total. The molecule has 25 heavy (non-hydrogen) atoms. The van der Waals surface area contributed by atoms with Crippen molar-refractivity contribution in [1.82, 2.24) is 9.80 Å². The van der Waals surface area contributed by atoms with Crippen LogP contribution in [0.3, 0.4) is 0 Å². The highest BCUT2D eigenvalue weighted by atomic mass is 32.2. The summed E-state index contributed by atoms with van der Waals surface area (Å²) in [6.45, 7) is 0.400. The lowest BCUT2D eigenvalue weighted by Gasteiger charge is -2.28. The number of imide groups is 1. The lowest BCUT2D eigenvalue weighted by molar-refractivity contribution is -0.144. The fourth-order valence-corrected chi connectivity index (χ4v) is 4.44. The van der Waals surface area contributed by atoms with Crippen molar-refractivity contribution in [3.63, 3.8) is 0 Å². The Balaban J connectivity index is 1.79. The molecule has 7 nitrogen and oxygen atoms in total. The monoisotopic (exact) mass is 370 g/mol. The Labute approximate surface area is 152 Å². The van der Waals surface area contributed by atoms with Crippen LogP contribution in [0.1, 0.15) is 38.5 Å². The predicted octanol–water partition coefficient (Wildman–Crippen LogP) is 1.22. The molecule has 1 heterocycles. The van der Waals surface area contributed by atoms with Gasteiger partial charge in [0.15, 0.2) is 0 Å². The molecule has 1 atom stereocenters. The molecular weight excluding hydrogens is 344 g/mol. The van der Waals surface area contributed by atoms with E-state index in [0.717, 1.165) is 12.8 Å². The summed E-state index contributed by atoms with van der Waals surface area (Å²) >= 11 is 1.37. The van der Waals surface area contributed by atoms with E-state index in [1.165, 1.54) is 21.6 Å². The first-order valence-electron chi connectivity index (χ1n) is 8.68. The summed E-state index contributed by atoms with van der Waals surface area (Å²) in [5.41, 5.74) is 0. The van der Waals surface area contributed by atoms with Gasteiger partial charge in [0.05, 0.1) is 11.2 Å². The molecular formula is C17H26N2O5S. The molecule has 0 aromatic heterocycles. The molecule has 0 radical (unpaired) electrons. The zero-order valence-electron chi connectivity index (χ0n) is 14.8. The number of likely N-dealkylation sites (tertiary alicyclic amines) is 1. The number of carbonyl (C=O) groups is 4. The summed E-state index contributed by atoms with van der Waals surface area (Å²) in [4.78, 5) is 50.1. The third-order valence-electron chi connectivity index (χ3n) is 4.97. The normalized spacial score (nSPS) is 26.8. The molecule has 1 aliphatic heterocycles. The molecule has 2 fully saturated rings. The summed E-state index contributed by atoms with van der Waals surface area (Å²) in [6.07, 6.45) is 3.26. The number of aliphatic carboxylic acids is 1. The van der Waals surface area contributed by atoms with Gasteiger partial charge in [-0.3, -0.25) is 24.1 Å². The second-order valence-electron chi connectivity index (χ2n) is 7.00. The maximum Gasteiger partial charge on any atom is 0.306 e. The van der Waals surface area contributed by atoms with Crippen LogP contribution in [0.15, 0.2) is 0 Å². The van der Waals surface area contributed by atoms with Gasteiger partial charge in [0.25, 0.3) is 0 Å². The van der Waals surface area contributed by atoms with Crippen LogP contribution < -0.4 is 0 Å². The Morgan fingerprint density at radius 1 is 1.20 bits per heavy atom. The Bertz CT molecular complexity index is 543. The zero-order valence-corrected chi connectivity index (χ0v) is 15.6. The van der Waals surface area contributed by atoms with Crippen LogP contribution in [0.4, 0.5) is 0 Å². The number of hydrogen-bond acceptors (Lipinski definition) is 5. The number of carboxylic acid groups (broad SMARTS) is 1. The van der Waals surface area contributed by atoms with Crippen molar-refractivity contribution < 1.29 is 24.3 Å². The first-order chi connectivity index (χ1) is 11.8. The summed E-state index contributed by atoms with van der Waals surface area (Å²) in [5.74, 6) is -0.624. The standard InChI is InChI=1S/C17H26N2O5S/c1-18(2)14(20)7-8-25-13-9-15(21)19(16(13)22)10-11-3-5-12(6-4-11)17(23)24/h11-13H,3-10H2,1-2H3,(H,23,24)/t11-,12-,13?. The highest BCUT2D eigenvalue weighted by molar-refractivity contribution is 8.00. The number of carbonyl (C=O) groups excluding carboxylic acids is 3. The maximum absolute atomic E-state index is 12.5. The SMILES string of the molecule is CN(C)C(=O)CCSC1CC(=O)N(C[C@H]2CC[C@H](C(=O)O)CC2)C1=O. The van der Waals surface area contributed by atoms with Gasteiger partial charge in [-0.2, -0.15) is 0 Å². The maximum atomic E-state index is 12.5.